The minimum absolute atomic E-state index is 0.355. The Morgan fingerprint density at radius 3 is 1.58 bits per heavy atom. The second-order valence-electron chi connectivity index (χ2n) is 3.01. The molecule has 1 N–H and O–H groups in total. The van der Waals surface area contributed by atoms with Crippen LogP contribution in [0.15, 0.2) is 24.3 Å². The molecular formula is C11H16O. The molecule has 0 aromatic heterocycles. The predicted molar refractivity (Wildman–Crippen MR) is 52.0 cm³/mol. The van der Waals surface area contributed by atoms with Gasteiger partial charge in [-0.1, -0.05) is 44.0 Å². The lowest BCUT2D eigenvalue weighted by molar-refractivity contribution is 0.284. The van der Waals surface area contributed by atoms with E-state index < -0.39 is 0 Å². The fraction of sp³-hybridized carbons (Fsp3) is 0.455. The van der Waals surface area contributed by atoms with E-state index in [0.717, 1.165) is 12.8 Å². The second kappa shape index (κ2) is 4.94. The van der Waals surface area contributed by atoms with Crippen molar-refractivity contribution in [2.75, 3.05) is 6.61 Å². The number of hydrogen-bond acceptors (Lipinski definition) is 1. The normalized spacial score (nSPS) is 10.2. The molecule has 0 saturated heterocycles. The summed E-state index contributed by atoms with van der Waals surface area (Å²) in [6, 6.07) is 8.48. The Morgan fingerprint density at radius 1 is 1.00 bits per heavy atom. The van der Waals surface area contributed by atoms with Crippen LogP contribution in [0.4, 0.5) is 0 Å². The van der Waals surface area contributed by atoms with Crippen molar-refractivity contribution < 1.29 is 5.11 Å². The molecule has 0 heterocycles. The molecule has 0 bridgehead atoms. The minimum Gasteiger partial charge on any atom is -0.396 e. The van der Waals surface area contributed by atoms with Crippen molar-refractivity contribution in [1.82, 2.24) is 0 Å². The van der Waals surface area contributed by atoms with Crippen molar-refractivity contribution in [2.45, 2.75) is 26.2 Å². The van der Waals surface area contributed by atoms with Gasteiger partial charge in [0.2, 0.25) is 0 Å². The molecule has 0 saturated carbocycles. The first-order chi connectivity index (χ1) is 5.88. The van der Waals surface area contributed by atoms with Gasteiger partial charge in [-0.25, -0.2) is 0 Å². The monoisotopic (exact) mass is 164 g/mol. The third-order valence-corrected chi connectivity index (χ3v) is 1.98. The van der Waals surface area contributed by atoms with Crippen LogP contribution in [0.1, 0.15) is 26.2 Å². The van der Waals surface area contributed by atoms with E-state index in [-0.39, 0.29) is 0 Å². The van der Waals surface area contributed by atoms with E-state index in [1.807, 2.05) is 0 Å². The largest absolute Gasteiger partial charge is 0.396 e. The third-order valence-electron chi connectivity index (χ3n) is 1.98. The maximum absolute atomic E-state index is 8.20. The number of fused-ring (bicyclic) bond motifs is 1. The number of benzene rings is 1. The maximum Gasteiger partial charge on any atom is 0.0431 e. The van der Waals surface area contributed by atoms with Gasteiger partial charge in [-0.15, -0.1) is 0 Å². The zero-order valence-corrected chi connectivity index (χ0v) is 7.59. The van der Waals surface area contributed by atoms with Crippen LogP contribution >= 0.6 is 0 Å². The summed E-state index contributed by atoms with van der Waals surface area (Å²) in [5.41, 5.74) is 2.85. The molecule has 12 heavy (non-hydrogen) atoms. The summed E-state index contributed by atoms with van der Waals surface area (Å²) in [5.74, 6) is 0. The van der Waals surface area contributed by atoms with E-state index in [1.165, 1.54) is 17.5 Å². The first kappa shape index (κ1) is 9.27. The number of unbranched alkanes of at least 4 members (excludes halogenated alkanes) is 2. The van der Waals surface area contributed by atoms with Crippen molar-refractivity contribution in [1.29, 1.82) is 0 Å². The number of hydrogen-bond donors (Lipinski definition) is 1. The van der Waals surface area contributed by atoms with Crippen LogP contribution in [-0.2, 0) is 0 Å². The number of aliphatic hydroxyl groups excluding tert-OH is 1. The summed E-state index contributed by atoms with van der Waals surface area (Å²) in [4.78, 5) is 0. The van der Waals surface area contributed by atoms with E-state index in [4.69, 9.17) is 5.11 Å². The smallest absolute Gasteiger partial charge is 0.0431 e. The summed E-state index contributed by atoms with van der Waals surface area (Å²) in [6.45, 7) is 2.48. The van der Waals surface area contributed by atoms with Crippen molar-refractivity contribution in [3.05, 3.63) is 24.3 Å². The Bertz CT molecular complexity index is 188. The molecule has 0 aromatic carbocycles. The van der Waals surface area contributed by atoms with Crippen LogP contribution in [0.25, 0.3) is 11.1 Å². The number of rotatable bonds is 3. The molecule has 0 spiro atoms. The van der Waals surface area contributed by atoms with Gasteiger partial charge in [0.25, 0.3) is 0 Å². The first-order valence-corrected chi connectivity index (χ1v) is 4.59. The van der Waals surface area contributed by atoms with Gasteiger partial charge >= 0.3 is 0 Å². The highest BCUT2D eigenvalue weighted by Gasteiger charge is 2.03. The molecule has 2 aliphatic carbocycles. The Kier molecular flexibility index (Phi) is 3.81. The standard InChI is InChI=1S/C6H4.C5H12O/c1-2-6-4-3-5(1)6;1-2-3-4-5-6/h1-4H;6H,2-5H2,1H3. The lowest BCUT2D eigenvalue weighted by Crippen LogP contribution is -1.85. The topological polar surface area (TPSA) is 20.2 Å². The van der Waals surface area contributed by atoms with Gasteiger partial charge in [-0.3, -0.25) is 0 Å². The van der Waals surface area contributed by atoms with Crippen LogP contribution in [0.5, 0.6) is 0 Å². The van der Waals surface area contributed by atoms with Crippen molar-refractivity contribution in [3.8, 4) is 11.1 Å². The minimum atomic E-state index is 0.355. The number of aliphatic hydroxyl groups is 1. The molecular weight excluding hydrogens is 148 g/mol. The molecule has 2 aliphatic rings. The van der Waals surface area contributed by atoms with E-state index in [0.29, 0.717) is 6.61 Å². The average Bonchev–Trinajstić information content (AvgIpc) is 2.09. The zero-order valence-electron chi connectivity index (χ0n) is 7.59. The molecule has 0 amide bonds. The summed E-state index contributed by atoms with van der Waals surface area (Å²) in [7, 11) is 0. The lowest BCUT2D eigenvalue weighted by Gasteiger charge is -2.10. The molecule has 2 rings (SSSR count). The van der Waals surface area contributed by atoms with E-state index >= 15 is 0 Å². The molecule has 66 valence electrons. The van der Waals surface area contributed by atoms with Gasteiger partial charge in [0.15, 0.2) is 0 Å². The average molecular weight is 164 g/mol. The quantitative estimate of drug-likeness (QED) is 0.691. The Hall–Kier alpha value is -0.820. The Balaban J connectivity index is 0.000000120. The van der Waals surface area contributed by atoms with E-state index in [1.54, 1.807) is 0 Å². The van der Waals surface area contributed by atoms with Crippen LogP contribution in [-0.4, -0.2) is 11.7 Å². The van der Waals surface area contributed by atoms with Gasteiger partial charge in [-0.05, 0) is 17.5 Å². The highest BCUT2D eigenvalue weighted by atomic mass is 16.2. The van der Waals surface area contributed by atoms with Crippen molar-refractivity contribution >= 4 is 0 Å². The van der Waals surface area contributed by atoms with Gasteiger partial charge in [0, 0.05) is 6.61 Å². The molecule has 0 aromatic rings. The van der Waals surface area contributed by atoms with E-state index in [2.05, 4.69) is 31.2 Å². The van der Waals surface area contributed by atoms with Crippen LogP contribution in [0, 0.1) is 0 Å². The summed E-state index contributed by atoms with van der Waals surface area (Å²) in [6.07, 6.45) is 3.33. The van der Waals surface area contributed by atoms with Gasteiger partial charge in [0.1, 0.15) is 0 Å². The fourth-order valence-electron chi connectivity index (χ4n) is 1.02. The molecule has 0 fully saturated rings. The fourth-order valence-corrected chi connectivity index (χ4v) is 1.02. The highest BCUT2D eigenvalue weighted by molar-refractivity contribution is 5.75. The summed E-state index contributed by atoms with van der Waals surface area (Å²) < 4.78 is 0. The van der Waals surface area contributed by atoms with E-state index in [9.17, 15) is 0 Å². The zero-order chi connectivity index (χ0) is 8.81. The molecule has 1 heteroatoms. The van der Waals surface area contributed by atoms with Gasteiger partial charge in [-0.2, -0.15) is 0 Å². The lowest BCUT2D eigenvalue weighted by atomic mass is 9.95. The Morgan fingerprint density at radius 2 is 1.50 bits per heavy atom. The molecule has 0 unspecified atom stereocenters. The van der Waals surface area contributed by atoms with Gasteiger partial charge in [0.05, 0.1) is 0 Å². The molecule has 1 nitrogen and oxygen atoms in total. The predicted octanol–water partition coefficient (Wildman–Crippen LogP) is 2.84. The van der Waals surface area contributed by atoms with Crippen molar-refractivity contribution in [2.24, 2.45) is 0 Å². The maximum atomic E-state index is 8.20. The van der Waals surface area contributed by atoms with Crippen LogP contribution < -0.4 is 0 Å². The second-order valence-corrected chi connectivity index (χ2v) is 3.01. The molecule has 0 atom stereocenters. The van der Waals surface area contributed by atoms with Crippen LogP contribution in [0.3, 0.4) is 0 Å². The summed E-state index contributed by atoms with van der Waals surface area (Å²) in [5, 5.41) is 8.20. The summed E-state index contributed by atoms with van der Waals surface area (Å²) >= 11 is 0. The SMILES string of the molecule is CCCCCO.c1cc2ccc1-2. The Labute approximate surface area is 74.1 Å². The third kappa shape index (κ3) is 2.35. The van der Waals surface area contributed by atoms with Gasteiger partial charge < -0.3 is 5.11 Å². The molecule has 0 aliphatic heterocycles. The highest BCUT2D eigenvalue weighted by Crippen LogP contribution is 2.29. The molecule has 0 radical (unpaired) electrons. The first-order valence-electron chi connectivity index (χ1n) is 4.59. The van der Waals surface area contributed by atoms with Crippen molar-refractivity contribution in [3.63, 3.8) is 0 Å². The van der Waals surface area contributed by atoms with Crippen LogP contribution in [0.2, 0.25) is 0 Å².